The number of hydrogen-bond acceptors (Lipinski definition) is 5. The quantitative estimate of drug-likeness (QED) is 0.699. The first-order valence-corrected chi connectivity index (χ1v) is 10.1. The van der Waals surface area contributed by atoms with Crippen LogP contribution in [0.5, 0.6) is 5.75 Å². The zero-order valence-corrected chi connectivity index (χ0v) is 15.9. The summed E-state index contributed by atoms with van der Waals surface area (Å²) in [6.07, 6.45) is 1.61. The van der Waals surface area contributed by atoms with Crippen LogP contribution in [0.25, 0.3) is 10.2 Å². The molecule has 0 spiro atoms. The normalized spacial score (nSPS) is 23.4. The summed E-state index contributed by atoms with van der Waals surface area (Å²) in [5.74, 6) is -0.281. The highest BCUT2D eigenvalue weighted by atomic mass is 32.1. The van der Waals surface area contributed by atoms with E-state index in [1.165, 1.54) is 11.3 Å². The van der Waals surface area contributed by atoms with Crippen molar-refractivity contribution in [2.75, 3.05) is 6.54 Å². The number of benzene rings is 2. The molecule has 2 amide bonds. The average molecular weight is 393 g/mol. The van der Waals surface area contributed by atoms with Crippen LogP contribution in [0.1, 0.15) is 34.3 Å². The van der Waals surface area contributed by atoms with E-state index in [2.05, 4.69) is 4.98 Å². The Hall–Kier alpha value is -2.93. The molecule has 3 N–H and O–H groups in total. The molecule has 1 saturated heterocycles. The van der Waals surface area contributed by atoms with E-state index < -0.39 is 5.41 Å². The molecule has 7 heteroatoms. The minimum absolute atomic E-state index is 0.0272. The number of carbonyl (C=O) groups excluding carboxylic acids is 2. The zero-order chi connectivity index (χ0) is 19.5. The van der Waals surface area contributed by atoms with E-state index >= 15 is 0 Å². The van der Waals surface area contributed by atoms with Crippen LogP contribution in [0.2, 0.25) is 0 Å². The van der Waals surface area contributed by atoms with Gasteiger partial charge in [0.1, 0.15) is 5.75 Å². The topological polar surface area (TPSA) is 96.5 Å². The van der Waals surface area contributed by atoms with Crippen LogP contribution >= 0.6 is 11.3 Å². The first-order chi connectivity index (χ1) is 13.5. The number of fused-ring (bicyclic) bond motifs is 5. The lowest BCUT2D eigenvalue weighted by atomic mass is 9.63. The predicted molar refractivity (Wildman–Crippen MR) is 106 cm³/mol. The molecule has 1 aliphatic heterocycles. The van der Waals surface area contributed by atoms with E-state index in [9.17, 15) is 14.7 Å². The van der Waals surface area contributed by atoms with Gasteiger partial charge < -0.3 is 15.7 Å². The van der Waals surface area contributed by atoms with Crippen molar-refractivity contribution in [2.45, 2.75) is 30.7 Å². The Balaban J connectivity index is 1.52. The van der Waals surface area contributed by atoms with Crippen molar-refractivity contribution in [3.05, 3.63) is 58.6 Å². The Kier molecular flexibility index (Phi) is 3.71. The van der Waals surface area contributed by atoms with Gasteiger partial charge in [0.25, 0.3) is 5.91 Å². The predicted octanol–water partition coefficient (Wildman–Crippen LogP) is 2.59. The number of nitrogens with two attached hydrogens (primary N) is 1. The van der Waals surface area contributed by atoms with E-state index in [1.54, 1.807) is 17.6 Å². The largest absolute Gasteiger partial charge is 0.508 e. The third-order valence-corrected chi connectivity index (χ3v) is 6.97. The second kappa shape index (κ2) is 6.04. The number of thiazole rings is 1. The van der Waals surface area contributed by atoms with Crippen LogP contribution in [0.3, 0.4) is 0 Å². The third-order valence-electron chi connectivity index (χ3n) is 6.18. The molecule has 0 saturated carbocycles. The summed E-state index contributed by atoms with van der Waals surface area (Å²) in [6, 6.07) is 10.6. The van der Waals surface area contributed by atoms with E-state index in [0.717, 1.165) is 21.3 Å². The third kappa shape index (κ3) is 2.43. The molecule has 2 aliphatic rings. The van der Waals surface area contributed by atoms with Gasteiger partial charge in [-0.1, -0.05) is 6.07 Å². The number of amides is 2. The number of likely N-dealkylation sites (tertiary alicyclic amines) is 1. The van der Waals surface area contributed by atoms with Gasteiger partial charge in [0.2, 0.25) is 5.91 Å². The number of nitrogens with zero attached hydrogens (tertiary/aromatic N) is 2. The lowest BCUT2D eigenvalue weighted by molar-refractivity contribution is -0.126. The minimum Gasteiger partial charge on any atom is -0.508 e. The van der Waals surface area contributed by atoms with Crippen molar-refractivity contribution in [2.24, 2.45) is 5.73 Å². The van der Waals surface area contributed by atoms with E-state index in [1.807, 2.05) is 29.2 Å². The number of phenolic OH excluding ortho intramolecular Hbond substituents is 1. The zero-order valence-electron chi connectivity index (χ0n) is 15.1. The summed E-state index contributed by atoms with van der Waals surface area (Å²) in [5, 5.41) is 9.92. The summed E-state index contributed by atoms with van der Waals surface area (Å²) in [5.41, 5.74) is 10.1. The van der Waals surface area contributed by atoms with Crippen molar-refractivity contribution in [3.8, 4) is 5.75 Å². The molecule has 1 aliphatic carbocycles. The van der Waals surface area contributed by atoms with Gasteiger partial charge in [0.15, 0.2) is 0 Å². The van der Waals surface area contributed by atoms with Crippen LogP contribution in [-0.2, 0) is 16.6 Å². The summed E-state index contributed by atoms with van der Waals surface area (Å²) in [7, 11) is 0. The highest BCUT2D eigenvalue weighted by molar-refractivity contribution is 7.16. The number of rotatable bonds is 2. The van der Waals surface area contributed by atoms with Crippen LogP contribution in [-0.4, -0.2) is 39.4 Å². The summed E-state index contributed by atoms with van der Waals surface area (Å²) in [4.78, 5) is 31.9. The van der Waals surface area contributed by atoms with Crippen molar-refractivity contribution < 1.29 is 14.7 Å². The van der Waals surface area contributed by atoms with Crippen molar-refractivity contribution in [1.82, 2.24) is 9.88 Å². The van der Waals surface area contributed by atoms with E-state index in [-0.39, 0.29) is 23.6 Å². The summed E-state index contributed by atoms with van der Waals surface area (Å²) < 4.78 is 0.985. The van der Waals surface area contributed by atoms with Crippen LogP contribution < -0.4 is 5.73 Å². The molecule has 28 heavy (non-hydrogen) atoms. The van der Waals surface area contributed by atoms with Gasteiger partial charge in [-0.2, -0.15) is 0 Å². The number of aromatic nitrogens is 1. The van der Waals surface area contributed by atoms with Gasteiger partial charge in [-0.15, -0.1) is 11.3 Å². The van der Waals surface area contributed by atoms with Gasteiger partial charge >= 0.3 is 0 Å². The van der Waals surface area contributed by atoms with E-state index in [0.29, 0.717) is 31.4 Å². The highest BCUT2D eigenvalue weighted by Gasteiger charge is 2.50. The van der Waals surface area contributed by atoms with Gasteiger partial charge in [0, 0.05) is 18.2 Å². The van der Waals surface area contributed by atoms with Gasteiger partial charge in [0.05, 0.1) is 21.1 Å². The van der Waals surface area contributed by atoms with Crippen LogP contribution in [0.15, 0.2) is 41.9 Å². The minimum atomic E-state index is -0.824. The van der Waals surface area contributed by atoms with Gasteiger partial charge in [-0.05, 0) is 60.7 Å². The first kappa shape index (κ1) is 17.2. The molecular weight excluding hydrogens is 374 g/mol. The summed E-state index contributed by atoms with van der Waals surface area (Å²) in [6.45, 7) is 0.461. The standard InChI is InChI=1S/C21H19N3O3S/c22-20(27)21-5-6-24(14(10-21)7-12-1-3-15(25)9-16(12)21)19(26)13-2-4-17-18(8-13)28-11-23-17/h1-4,8-9,11,14,25H,5-7,10H2,(H2,22,27). The second-order valence-electron chi connectivity index (χ2n) is 7.63. The molecular formula is C21H19N3O3S. The second-order valence-corrected chi connectivity index (χ2v) is 8.52. The van der Waals surface area contributed by atoms with Crippen molar-refractivity contribution in [1.29, 1.82) is 0 Å². The molecule has 1 fully saturated rings. The molecule has 2 atom stereocenters. The van der Waals surface area contributed by atoms with Crippen molar-refractivity contribution >= 4 is 33.4 Å². The maximum Gasteiger partial charge on any atom is 0.254 e. The summed E-state index contributed by atoms with van der Waals surface area (Å²) >= 11 is 1.51. The monoisotopic (exact) mass is 393 g/mol. The molecule has 142 valence electrons. The molecule has 0 radical (unpaired) electrons. The first-order valence-electron chi connectivity index (χ1n) is 9.24. The molecule has 2 aromatic carbocycles. The molecule has 2 heterocycles. The van der Waals surface area contributed by atoms with Gasteiger partial charge in [-0.3, -0.25) is 9.59 Å². The lowest BCUT2D eigenvalue weighted by Crippen LogP contribution is -2.59. The number of hydrogen-bond donors (Lipinski definition) is 2. The fraction of sp³-hybridized carbons (Fsp3) is 0.286. The Labute approximate surface area is 165 Å². The van der Waals surface area contributed by atoms with Crippen molar-refractivity contribution in [3.63, 3.8) is 0 Å². The van der Waals surface area contributed by atoms with Gasteiger partial charge in [-0.25, -0.2) is 4.98 Å². The average Bonchev–Trinajstić information content (AvgIpc) is 3.16. The SMILES string of the molecule is NC(=O)C12CCN(C(=O)c3ccc4ncsc4c3)C(Cc3ccc(O)cc31)C2. The molecule has 1 aromatic heterocycles. The van der Waals surface area contributed by atoms with Crippen LogP contribution in [0.4, 0.5) is 0 Å². The Morgan fingerprint density at radius 2 is 2.11 bits per heavy atom. The number of piperidine rings is 1. The highest BCUT2D eigenvalue weighted by Crippen LogP contribution is 2.46. The van der Waals surface area contributed by atoms with E-state index in [4.69, 9.17) is 5.73 Å². The molecule has 6 nitrogen and oxygen atoms in total. The molecule has 2 unspecified atom stereocenters. The maximum absolute atomic E-state index is 13.3. The van der Waals surface area contributed by atoms with Crippen LogP contribution in [0, 0.1) is 0 Å². The number of aromatic hydroxyl groups is 1. The lowest BCUT2D eigenvalue weighted by Gasteiger charge is -2.49. The molecule has 3 aromatic rings. The number of primary amides is 1. The fourth-order valence-electron chi connectivity index (χ4n) is 4.75. The molecule has 2 bridgehead atoms. The fourth-order valence-corrected chi connectivity index (χ4v) is 5.47. The Bertz CT molecular complexity index is 1130. The Morgan fingerprint density at radius 1 is 1.25 bits per heavy atom. The Morgan fingerprint density at radius 3 is 2.93 bits per heavy atom. The number of phenols is 1. The smallest absolute Gasteiger partial charge is 0.254 e. The number of carbonyl (C=O) groups is 2. The maximum atomic E-state index is 13.3. The molecule has 5 rings (SSSR count).